The van der Waals surface area contributed by atoms with Gasteiger partial charge in [-0.15, -0.1) is 0 Å². The fourth-order valence-electron chi connectivity index (χ4n) is 2.93. The van der Waals surface area contributed by atoms with Gasteiger partial charge in [-0.25, -0.2) is 4.39 Å². The first-order chi connectivity index (χ1) is 12.0. The van der Waals surface area contributed by atoms with Gasteiger partial charge in [0.2, 0.25) is 0 Å². The Kier molecular flexibility index (Phi) is 6.49. The fraction of sp³-hybridized carbons (Fsp3) is 0.400. The first-order valence-corrected chi connectivity index (χ1v) is 8.42. The molecular formula is C20H22FNO3. The molecule has 25 heavy (non-hydrogen) atoms. The average Bonchev–Trinajstić information content (AvgIpc) is 2.62. The number of hydrogen-bond acceptors (Lipinski definition) is 3. The predicted molar refractivity (Wildman–Crippen MR) is 92.6 cm³/mol. The Labute approximate surface area is 147 Å². The van der Waals surface area contributed by atoms with E-state index in [-0.39, 0.29) is 6.61 Å². The molecule has 1 N–H and O–H groups in total. The van der Waals surface area contributed by atoms with Crippen LogP contribution < -0.4 is 0 Å². The summed E-state index contributed by atoms with van der Waals surface area (Å²) < 4.78 is 20.8. The summed E-state index contributed by atoms with van der Waals surface area (Å²) in [6, 6.07) is 8.84. The topological polar surface area (TPSA) is 70.3 Å². The van der Waals surface area contributed by atoms with Crippen LogP contribution in [-0.2, 0) is 14.9 Å². The van der Waals surface area contributed by atoms with Crippen molar-refractivity contribution >= 4 is 5.97 Å². The largest absolute Gasteiger partial charge is 0.481 e. The minimum atomic E-state index is -1.26. The zero-order valence-electron chi connectivity index (χ0n) is 14.2. The molecule has 2 atom stereocenters. The minimum absolute atomic E-state index is 0.0284. The minimum Gasteiger partial charge on any atom is -0.481 e. The van der Waals surface area contributed by atoms with E-state index in [0.717, 1.165) is 25.3 Å². The molecule has 5 heteroatoms. The van der Waals surface area contributed by atoms with E-state index in [2.05, 4.69) is 13.0 Å². The molecular weight excluding hydrogens is 321 g/mol. The molecule has 0 fully saturated rings. The van der Waals surface area contributed by atoms with Gasteiger partial charge in [-0.2, -0.15) is 5.26 Å². The quantitative estimate of drug-likeness (QED) is 0.569. The summed E-state index contributed by atoms with van der Waals surface area (Å²) in [6.07, 6.45) is 7.02. The second-order valence-corrected chi connectivity index (χ2v) is 6.13. The second-order valence-electron chi connectivity index (χ2n) is 6.13. The van der Waals surface area contributed by atoms with Crippen molar-refractivity contribution in [1.82, 2.24) is 0 Å². The van der Waals surface area contributed by atoms with Gasteiger partial charge in [0.15, 0.2) is 0 Å². The number of rotatable bonds is 8. The second kappa shape index (κ2) is 8.59. The highest BCUT2D eigenvalue weighted by Gasteiger charge is 2.40. The van der Waals surface area contributed by atoms with E-state index in [1.165, 1.54) is 12.2 Å². The molecule has 0 spiro atoms. The third-order valence-electron chi connectivity index (χ3n) is 4.38. The number of carbonyl (C=O) groups is 1. The highest BCUT2D eigenvalue weighted by molar-refractivity contribution is 5.75. The summed E-state index contributed by atoms with van der Waals surface area (Å²) in [5.74, 6) is -2.72. The molecule has 0 saturated heterocycles. The molecule has 1 aliphatic carbocycles. The molecule has 0 bridgehead atoms. The third-order valence-corrected chi connectivity index (χ3v) is 4.38. The maximum Gasteiger partial charge on any atom is 0.314 e. The van der Waals surface area contributed by atoms with Crippen molar-refractivity contribution in [1.29, 1.82) is 5.26 Å². The molecule has 0 radical (unpaired) electrons. The van der Waals surface area contributed by atoms with Gasteiger partial charge in [0.25, 0.3) is 0 Å². The molecule has 0 heterocycles. The Morgan fingerprint density at radius 1 is 1.40 bits per heavy atom. The lowest BCUT2D eigenvalue weighted by atomic mass is 9.73. The van der Waals surface area contributed by atoms with Gasteiger partial charge in [0.1, 0.15) is 5.83 Å². The number of nitriles is 1. The number of ether oxygens (including phenoxy) is 1. The molecule has 0 aliphatic heterocycles. The Morgan fingerprint density at radius 3 is 2.80 bits per heavy atom. The predicted octanol–water partition coefficient (Wildman–Crippen LogP) is 4.13. The molecule has 0 amide bonds. The summed E-state index contributed by atoms with van der Waals surface area (Å²) >= 11 is 0. The summed E-state index contributed by atoms with van der Waals surface area (Å²) in [5.41, 5.74) is -0.423. The number of carboxylic acid groups (broad SMARTS) is 1. The molecule has 4 nitrogen and oxygen atoms in total. The highest BCUT2D eigenvalue weighted by Crippen LogP contribution is 2.40. The molecule has 1 aromatic carbocycles. The van der Waals surface area contributed by atoms with E-state index in [1.807, 2.05) is 0 Å². The first-order valence-electron chi connectivity index (χ1n) is 8.42. The van der Waals surface area contributed by atoms with Crippen molar-refractivity contribution in [2.45, 2.75) is 31.6 Å². The lowest BCUT2D eigenvalue weighted by molar-refractivity contribution is -0.138. The number of nitrogens with zero attached hydrogens (tertiary/aromatic N) is 1. The molecule has 0 saturated carbocycles. The lowest BCUT2D eigenvalue weighted by Crippen LogP contribution is -2.35. The Hall–Kier alpha value is -2.45. The van der Waals surface area contributed by atoms with Crippen LogP contribution in [0.5, 0.6) is 0 Å². The SMILES string of the molecule is CCCCCOCC1(c2ccccc2C#N)C=CC(C(=O)O)C=C1F. The van der Waals surface area contributed by atoms with Crippen LogP contribution in [0.4, 0.5) is 4.39 Å². The molecule has 0 aromatic heterocycles. The van der Waals surface area contributed by atoms with E-state index >= 15 is 4.39 Å². The van der Waals surface area contributed by atoms with Crippen molar-refractivity contribution in [3.05, 3.63) is 59.4 Å². The van der Waals surface area contributed by atoms with Crippen LogP contribution in [0, 0.1) is 17.2 Å². The van der Waals surface area contributed by atoms with Gasteiger partial charge in [0.05, 0.1) is 29.6 Å². The van der Waals surface area contributed by atoms with Crippen molar-refractivity contribution < 1.29 is 19.0 Å². The van der Waals surface area contributed by atoms with Crippen LogP contribution in [0.3, 0.4) is 0 Å². The Balaban J connectivity index is 2.36. The van der Waals surface area contributed by atoms with Crippen LogP contribution >= 0.6 is 0 Å². The summed E-state index contributed by atoms with van der Waals surface area (Å²) in [7, 11) is 0. The third kappa shape index (κ3) is 4.15. The van der Waals surface area contributed by atoms with E-state index in [1.54, 1.807) is 24.3 Å². The lowest BCUT2D eigenvalue weighted by Gasteiger charge is -2.33. The van der Waals surface area contributed by atoms with Gasteiger partial charge < -0.3 is 9.84 Å². The number of benzene rings is 1. The number of carboxylic acids is 1. The first kappa shape index (κ1) is 18.9. The fourth-order valence-corrected chi connectivity index (χ4v) is 2.93. The highest BCUT2D eigenvalue weighted by atomic mass is 19.1. The van der Waals surface area contributed by atoms with Crippen molar-refractivity contribution in [3.63, 3.8) is 0 Å². The maximum absolute atomic E-state index is 15.0. The van der Waals surface area contributed by atoms with Crippen LogP contribution in [0.2, 0.25) is 0 Å². The maximum atomic E-state index is 15.0. The van der Waals surface area contributed by atoms with Gasteiger partial charge >= 0.3 is 5.97 Å². The Morgan fingerprint density at radius 2 is 2.16 bits per heavy atom. The Bertz CT molecular complexity index is 720. The molecule has 2 unspecified atom stereocenters. The zero-order valence-corrected chi connectivity index (χ0v) is 14.2. The van der Waals surface area contributed by atoms with E-state index < -0.39 is 23.1 Å². The van der Waals surface area contributed by atoms with Gasteiger partial charge in [0, 0.05) is 6.61 Å². The average molecular weight is 343 g/mol. The van der Waals surface area contributed by atoms with Crippen LogP contribution in [0.1, 0.15) is 37.3 Å². The van der Waals surface area contributed by atoms with Crippen molar-refractivity contribution in [2.75, 3.05) is 13.2 Å². The standard InChI is InChI=1S/C20H22FNO3/c1-2-3-6-11-25-14-20(17-8-5-4-7-16(17)13-22)10-9-15(19(23)24)12-18(20)21/h4-5,7-10,12,15H,2-3,6,11,14H2,1H3,(H,23,24). The number of hydrogen-bond donors (Lipinski definition) is 1. The molecule has 2 rings (SSSR count). The number of unbranched alkanes of at least 4 members (excludes halogenated alkanes) is 2. The van der Waals surface area contributed by atoms with E-state index in [0.29, 0.717) is 17.7 Å². The molecule has 1 aromatic rings. The van der Waals surface area contributed by atoms with E-state index in [4.69, 9.17) is 9.84 Å². The van der Waals surface area contributed by atoms with Crippen LogP contribution in [0.25, 0.3) is 0 Å². The van der Waals surface area contributed by atoms with Gasteiger partial charge in [-0.05, 0) is 24.1 Å². The van der Waals surface area contributed by atoms with Crippen LogP contribution in [-0.4, -0.2) is 24.3 Å². The monoisotopic (exact) mass is 343 g/mol. The van der Waals surface area contributed by atoms with Gasteiger partial charge in [-0.3, -0.25) is 4.79 Å². The van der Waals surface area contributed by atoms with Gasteiger partial charge in [-0.1, -0.05) is 50.1 Å². The zero-order chi connectivity index (χ0) is 18.3. The molecule has 132 valence electrons. The molecule has 1 aliphatic rings. The smallest absolute Gasteiger partial charge is 0.314 e. The summed E-state index contributed by atoms with van der Waals surface area (Å²) in [5, 5.41) is 18.5. The van der Waals surface area contributed by atoms with E-state index in [9.17, 15) is 10.1 Å². The number of aliphatic carboxylic acids is 1. The van der Waals surface area contributed by atoms with Crippen molar-refractivity contribution in [2.24, 2.45) is 5.92 Å². The van der Waals surface area contributed by atoms with Crippen molar-refractivity contribution in [3.8, 4) is 6.07 Å². The normalized spacial score (nSPS) is 22.3. The number of halogens is 1. The summed E-state index contributed by atoms with van der Waals surface area (Å²) in [4.78, 5) is 11.2. The summed E-state index contributed by atoms with van der Waals surface area (Å²) in [6.45, 7) is 2.61. The van der Waals surface area contributed by atoms with Crippen LogP contribution in [0.15, 0.2) is 48.3 Å².